The van der Waals surface area contributed by atoms with Crippen LogP contribution in [-0.2, 0) is 4.79 Å². The van der Waals surface area contributed by atoms with Gasteiger partial charge in [-0.25, -0.2) is 0 Å². The first-order valence-corrected chi connectivity index (χ1v) is 14.9. The average Bonchev–Trinajstić information content (AvgIpc) is 2.82. The SMILES string of the molecule is CCCCCCCCCCCCN(CCCCCCCCCCCC)CCC(=O)NCCN. The van der Waals surface area contributed by atoms with E-state index in [1.54, 1.807) is 0 Å². The Labute approximate surface area is 208 Å². The third-order valence-corrected chi connectivity index (χ3v) is 6.78. The summed E-state index contributed by atoms with van der Waals surface area (Å²) in [6, 6.07) is 0. The van der Waals surface area contributed by atoms with E-state index in [2.05, 4.69) is 24.1 Å². The number of nitrogens with two attached hydrogens (primary N) is 1. The predicted octanol–water partition coefficient (Wildman–Crippen LogP) is 7.60. The summed E-state index contributed by atoms with van der Waals surface area (Å²) in [4.78, 5) is 14.5. The molecule has 0 heterocycles. The van der Waals surface area contributed by atoms with Crippen LogP contribution < -0.4 is 11.1 Å². The summed E-state index contributed by atoms with van der Waals surface area (Å²) in [7, 11) is 0. The van der Waals surface area contributed by atoms with Gasteiger partial charge in [0.2, 0.25) is 5.91 Å². The molecule has 0 aliphatic rings. The molecule has 4 nitrogen and oxygen atoms in total. The van der Waals surface area contributed by atoms with Crippen LogP contribution in [0.1, 0.15) is 149 Å². The van der Waals surface area contributed by atoms with Gasteiger partial charge >= 0.3 is 0 Å². The summed E-state index contributed by atoms with van der Waals surface area (Å²) in [6.45, 7) is 8.88. The number of hydrogen-bond acceptors (Lipinski definition) is 3. The van der Waals surface area contributed by atoms with Gasteiger partial charge < -0.3 is 16.0 Å². The smallest absolute Gasteiger partial charge is 0.221 e. The molecule has 0 aromatic carbocycles. The predicted molar refractivity (Wildman–Crippen MR) is 147 cm³/mol. The molecule has 33 heavy (non-hydrogen) atoms. The molecule has 0 aromatic rings. The van der Waals surface area contributed by atoms with E-state index in [-0.39, 0.29) is 5.91 Å². The maximum Gasteiger partial charge on any atom is 0.221 e. The van der Waals surface area contributed by atoms with Gasteiger partial charge in [-0.15, -0.1) is 0 Å². The van der Waals surface area contributed by atoms with Gasteiger partial charge in [0, 0.05) is 26.1 Å². The Bertz CT molecular complexity index is 365. The molecule has 198 valence electrons. The van der Waals surface area contributed by atoms with Crippen LogP contribution in [0, 0.1) is 0 Å². The van der Waals surface area contributed by atoms with Gasteiger partial charge in [0.15, 0.2) is 0 Å². The molecule has 0 spiro atoms. The summed E-state index contributed by atoms with van der Waals surface area (Å²) >= 11 is 0. The van der Waals surface area contributed by atoms with Crippen molar-refractivity contribution in [3.8, 4) is 0 Å². The van der Waals surface area contributed by atoms with Gasteiger partial charge in [-0.2, -0.15) is 0 Å². The largest absolute Gasteiger partial charge is 0.355 e. The molecule has 0 saturated heterocycles. The van der Waals surface area contributed by atoms with Crippen LogP contribution in [0.4, 0.5) is 0 Å². The molecule has 0 aromatic heterocycles. The van der Waals surface area contributed by atoms with Crippen molar-refractivity contribution < 1.29 is 4.79 Å². The highest BCUT2D eigenvalue weighted by atomic mass is 16.1. The fourth-order valence-electron chi connectivity index (χ4n) is 4.54. The van der Waals surface area contributed by atoms with Crippen LogP contribution >= 0.6 is 0 Å². The van der Waals surface area contributed by atoms with E-state index < -0.39 is 0 Å². The summed E-state index contributed by atoms with van der Waals surface area (Å²) < 4.78 is 0. The quantitative estimate of drug-likeness (QED) is 0.122. The number of amides is 1. The Hall–Kier alpha value is -0.610. The Morgan fingerprint density at radius 1 is 0.576 bits per heavy atom. The lowest BCUT2D eigenvalue weighted by Crippen LogP contribution is -2.34. The molecule has 0 radical (unpaired) electrons. The molecule has 0 atom stereocenters. The maximum absolute atomic E-state index is 12.0. The highest BCUT2D eigenvalue weighted by Gasteiger charge is 2.08. The number of nitrogens with zero attached hydrogens (tertiary/aromatic N) is 1. The van der Waals surface area contributed by atoms with E-state index in [1.165, 1.54) is 128 Å². The van der Waals surface area contributed by atoms with E-state index in [4.69, 9.17) is 5.73 Å². The van der Waals surface area contributed by atoms with Crippen molar-refractivity contribution in [2.75, 3.05) is 32.7 Å². The Balaban J connectivity index is 3.89. The van der Waals surface area contributed by atoms with Crippen molar-refractivity contribution in [1.82, 2.24) is 10.2 Å². The number of hydrogen-bond donors (Lipinski definition) is 2. The highest BCUT2D eigenvalue weighted by molar-refractivity contribution is 5.76. The molecular formula is C29H61N3O. The first-order valence-electron chi connectivity index (χ1n) is 14.9. The van der Waals surface area contributed by atoms with Crippen molar-refractivity contribution in [2.45, 2.75) is 149 Å². The summed E-state index contributed by atoms with van der Waals surface area (Å²) in [5.41, 5.74) is 5.50. The van der Waals surface area contributed by atoms with Gasteiger partial charge in [-0.1, -0.05) is 129 Å². The minimum atomic E-state index is 0.150. The highest BCUT2D eigenvalue weighted by Crippen LogP contribution is 2.13. The zero-order valence-corrected chi connectivity index (χ0v) is 22.8. The van der Waals surface area contributed by atoms with Crippen molar-refractivity contribution in [1.29, 1.82) is 0 Å². The second kappa shape index (κ2) is 27.6. The summed E-state index contributed by atoms with van der Waals surface area (Å²) in [5, 5.41) is 2.91. The third-order valence-electron chi connectivity index (χ3n) is 6.78. The van der Waals surface area contributed by atoms with Crippen LogP contribution in [0.3, 0.4) is 0 Å². The zero-order valence-electron chi connectivity index (χ0n) is 22.8. The van der Waals surface area contributed by atoms with Crippen molar-refractivity contribution >= 4 is 5.91 Å². The topological polar surface area (TPSA) is 58.4 Å². The van der Waals surface area contributed by atoms with Gasteiger partial charge in [0.25, 0.3) is 0 Å². The fraction of sp³-hybridized carbons (Fsp3) is 0.966. The third kappa shape index (κ3) is 25.8. The average molecular weight is 468 g/mol. The molecule has 0 unspecified atom stereocenters. The standard InChI is InChI=1S/C29H61N3O/c1-3-5-7-9-11-13-15-17-19-21-26-32(28-23-29(33)31-25-24-30)27-22-20-18-16-14-12-10-8-6-4-2/h3-28,30H2,1-2H3,(H,31,33). The second-order valence-corrected chi connectivity index (χ2v) is 10.1. The van der Waals surface area contributed by atoms with E-state index in [0.717, 1.165) is 19.6 Å². The number of carbonyl (C=O) groups excluding carboxylic acids is 1. The number of unbranched alkanes of at least 4 members (excludes halogenated alkanes) is 18. The summed E-state index contributed by atoms with van der Waals surface area (Å²) in [5.74, 6) is 0.150. The fourth-order valence-corrected chi connectivity index (χ4v) is 4.54. The number of carbonyl (C=O) groups is 1. The van der Waals surface area contributed by atoms with Crippen molar-refractivity contribution in [2.24, 2.45) is 5.73 Å². The Kier molecular flexibility index (Phi) is 27.1. The van der Waals surface area contributed by atoms with Crippen LogP contribution in [0.25, 0.3) is 0 Å². The minimum absolute atomic E-state index is 0.150. The van der Waals surface area contributed by atoms with Crippen LogP contribution in [0.5, 0.6) is 0 Å². The molecule has 3 N–H and O–H groups in total. The first-order chi connectivity index (χ1) is 16.2. The lowest BCUT2D eigenvalue weighted by atomic mass is 10.1. The van der Waals surface area contributed by atoms with Crippen LogP contribution in [0.15, 0.2) is 0 Å². The lowest BCUT2D eigenvalue weighted by Gasteiger charge is -2.22. The number of nitrogens with one attached hydrogen (secondary N) is 1. The number of rotatable bonds is 27. The van der Waals surface area contributed by atoms with Gasteiger partial charge in [0.05, 0.1) is 0 Å². The Morgan fingerprint density at radius 2 is 0.939 bits per heavy atom. The molecule has 0 aliphatic carbocycles. The van der Waals surface area contributed by atoms with E-state index in [1.807, 2.05) is 0 Å². The zero-order chi connectivity index (χ0) is 24.2. The van der Waals surface area contributed by atoms with Crippen LogP contribution in [-0.4, -0.2) is 43.5 Å². The molecule has 4 heteroatoms. The maximum atomic E-state index is 12.0. The monoisotopic (exact) mass is 467 g/mol. The van der Waals surface area contributed by atoms with Crippen molar-refractivity contribution in [3.05, 3.63) is 0 Å². The lowest BCUT2D eigenvalue weighted by molar-refractivity contribution is -0.121. The van der Waals surface area contributed by atoms with Crippen LogP contribution in [0.2, 0.25) is 0 Å². The van der Waals surface area contributed by atoms with Gasteiger partial charge in [-0.3, -0.25) is 4.79 Å². The molecule has 0 rings (SSSR count). The van der Waals surface area contributed by atoms with Crippen molar-refractivity contribution in [3.63, 3.8) is 0 Å². The second-order valence-electron chi connectivity index (χ2n) is 10.1. The van der Waals surface area contributed by atoms with Gasteiger partial charge in [-0.05, 0) is 25.9 Å². The molecule has 0 fully saturated rings. The molecule has 0 bridgehead atoms. The molecule has 1 amide bonds. The summed E-state index contributed by atoms with van der Waals surface area (Å²) in [6.07, 6.45) is 28.2. The van der Waals surface area contributed by atoms with E-state index in [9.17, 15) is 4.79 Å². The van der Waals surface area contributed by atoms with Gasteiger partial charge in [0.1, 0.15) is 0 Å². The molecule has 0 saturated carbocycles. The van der Waals surface area contributed by atoms with E-state index >= 15 is 0 Å². The minimum Gasteiger partial charge on any atom is -0.355 e. The molecule has 0 aliphatic heterocycles. The molecular weight excluding hydrogens is 406 g/mol. The first kappa shape index (κ1) is 32.4. The normalized spacial score (nSPS) is 11.4. The Morgan fingerprint density at radius 3 is 1.30 bits per heavy atom. The van der Waals surface area contributed by atoms with E-state index in [0.29, 0.717) is 19.5 Å².